The molecule has 0 spiro atoms. The molecular weight excluding hydrogens is 294 g/mol. The number of nitrogens with one attached hydrogen (secondary N) is 1. The number of rotatable bonds is 7. The fourth-order valence-corrected chi connectivity index (χ4v) is 2.30. The van der Waals surface area contributed by atoms with Crippen LogP contribution in [-0.2, 0) is 11.2 Å². The second kappa shape index (κ2) is 6.34. The van der Waals surface area contributed by atoms with E-state index in [-0.39, 0.29) is 5.78 Å². The van der Waals surface area contributed by atoms with E-state index in [0.29, 0.717) is 18.9 Å². The summed E-state index contributed by atoms with van der Waals surface area (Å²) in [7, 11) is 1.63. The molecule has 1 aliphatic rings. The van der Waals surface area contributed by atoms with Gasteiger partial charge >= 0.3 is 0 Å². The molecule has 1 aliphatic carbocycles. The Labute approximate surface area is 116 Å². The molecule has 0 heterocycles. The Bertz CT molecular complexity index is 430. The summed E-state index contributed by atoms with van der Waals surface area (Å²) < 4.78 is 6.24. The van der Waals surface area contributed by atoms with Crippen molar-refractivity contribution in [2.75, 3.05) is 13.7 Å². The Balaban J connectivity index is 1.86. The number of ether oxygens (including phenoxy) is 1. The lowest BCUT2D eigenvalue weighted by Crippen LogP contribution is -2.20. The summed E-state index contributed by atoms with van der Waals surface area (Å²) in [5.74, 6) is 1.03. The highest BCUT2D eigenvalue weighted by Crippen LogP contribution is 2.24. The van der Waals surface area contributed by atoms with Crippen LogP contribution in [0.25, 0.3) is 0 Å². The van der Waals surface area contributed by atoms with Crippen molar-refractivity contribution >= 4 is 21.7 Å². The van der Waals surface area contributed by atoms with E-state index in [1.807, 2.05) is 18.2 Å². The number of Topliss-reactive ketones (excluding diaryl/α,β-unsaturated/α-hetero) is 1. The summed E-state index contributed by atoms with van der Waals surface area (Å²) in [6.45, 7) is 0.791. The van der Waals surface area contributed by atoms with Crippen molar-refractivity contribution in [1.29, 1.82) is 0 Å². The van der Waals surface area contributed by atoms with Crippen molar-refractivity contribution in [3.63, 3.8) is 0 Å². The molecule has 0 aromatic heterocycles. The molecule has 98 valence electrons. The summed E-state index contributed by atoms with van der Waals surface area (Å²) in [6.07, 6.45) is 3.54. The molecule has 0 amide bonds. The van der Waals surface area contributed by atoms with Gasteiger partial charge in [0.05, 0.1) is 7.11 Å². The van der Waals surface area contributed by atoms with Gasteiger partial charge in [0.1, 0.15) is 11.5 Å². The lowest BCUT2D eigenvalue weighted by atomic mass is 10.1. The first-order valence-corrected chi connectivity index (χ1v) is 7.06. The van der Waals surface area contributed by atoms with Crippen LogP contribution in [0.15, 0.2) is 22.7 Å². The van der Waals surface area contributed by atoms with Crippen molar-refractivity contribution in [1.82, 2.24) is 5.32 Å². The summed E-state index contributed by atoms with van der Waals surface area (Å²) in [5, 5.41) is 3.35. The highest BCUT2D eigenvalue weighted by atomic mass is 79.9. The highest BCUT2D eigenvalue weighted by Gasteiger charge is 2.20. The van der Waals surface area contributed by atoms with E-state index in [9.17, 15) is 4.79 Å². The number of halogens is 1. The lowest BCUT2D eigenvalue weighted by Gasteiger charge is -2.08. The number of hydrogen-bond acceptors (Lipinski definition) is 3. The van der Waals surface area contributed by atoms with Gasteiger partial charge in [0, 0.05) is 35.5 Å². The van der Waals surface area contributed by atoms with Gasteiger partial charge < -0.3 is 10.1 Å². The fraction of sp³-hybridized carbons (Fsp3) is 0.500. The molecule has 1 N–H and O–H groups in total. The second-order valence-electron chi connectivity index (χ2n) is 4.65. The Morgan fingerprint density at radius 2 is 2.28 bits per heavy atom. The molecule has 0 bridgehead atoms. The minimum absolute atomic E-state index is 0.250. The molecule has 1 aromatic rings. The fourth-order valence-electron chi connectivity index (χ4n) is 1.89. The number of methoxy groups -OCH3 is 1. The van der Waals surface area contributed by atoms with Crippen LogP contribution in [0, 0.1) is 0 Å². The van der Waals surface area contributed by atoms with Crippen LogP contribution < -0.4 is 10.1 Å². The Hall–Kier alpha value is -0.870. The van der Waals surface area contributed by atoms with Gasteiger partial charge in [-0.1, -0.05) is 15.9 Å². The van der Waals surface area contributed by atoms with Crippen molar-refractivity contribution in [2.45, 2.75) is 31.7 Å². The molecule has 0 aliphatic heterocycles. The van der Waals surface area contributed by atoms with Gasteiger partial charge in [0.2, 0.25) is 0 Å². The van der Waals surface area contributed by atoms with Crippen LogP contribution in [0.3, 0.4) is 0 Å². The van der Waals surface area contributed by atoms with Crippen LogP contribution in [-0.4, -0.2) is 25.5 Å². The van der Waals surface area contributed by atoms with Crippen LogP contribution in [0.5, 0.6) is 5.75 Å². The monoisotopic (exact) mass is 311 g/mol. The second-order valence-corrected chi connectivity index (χ2v) is 5.57. The maximum absolute atomic E-state index is 11.9. The Morgan fingerprint density at radius 3 is 2.94 bits per heavy atom. The van der Waals surface area contributed by atoms with E-state index in [0.717, 1.165) is 22.3 Å². The lowest BCUT2D eigenvalue weighted by molar-refractivity contribution is -0.118. The molecule has 1 saturated carbocycles. The maximum Gasteiger partial charge on any atom is 0.138 e. The standard InChI is InChI=1S/C14H18BrNO2/c1-18-14-5-2-11(15)8-10(14)9-13(17)6-7-16-12-3-4-12/h2,5,8,12,16H,3-4,6-7,9H2,1H3. The number of benzene rings is 1. The van der Waals surface area contributed by atoms with Crippen LogP contribution in [0.2, 0.25) is 0 Å². The minimum atomic E-state index is 0.250. The van der Waals surface area contributed by atoms with Crippen molar-refractivity contribution in [2.24, 2.45) is 0 Å². The zero-order valence-corrected chi connectivity index (χ0v) is 12.1. The third-order valence-electron chi connectivity index (χ3n) is 3.04. The molecule has 18 heavy (non-hydrogen) atoms. The number of carbonyl (C=O) groups excluding carboxylic acids is 1. The summed E-state index contributed by atoms with van der Waals surface area (Å²) in [5.41, 5.74) is 0.947. The minimum Gasteiger partial charge on any atom is -0.496 e. The maximum atomic E-state index is 11.9. The van der Waals surface area contributed by atoms with Crippen molar-refractivity contribution in [3.8, 4) is 5.75 Å². The SMILES string of the molecule is COc1ccc(Br)cc1CC(=O)CCNC1CC1. The molecule has 0 radical (unpaired) electrons. The molecule has 0 atom stereocenters. The molecule has 4 heteroatoms. The molecule has 1 aromatic carbocycles. The smallest absolute Gasteiger partial charge is 0.138 e. The zero-order valence-electron chi connectivity index (χ0n) is 10.5. The van der Waals surface area contributed by atoms with Crippen molar-refractivity contribution in [3.05, 3.63) is 28.2 Å². The van der Waals surface area contributed by atoms with Gasteiger partial charge in [0.15, 0.2) is 0 Å². The third kappa shape index (κ3) is 4.10. The first-order valence-electron chi connectivity index (χ1n) is 6.26. The van der Waals surface area contributed by atoms with Crippen LogP contribution in [0.1, 0.15) is 24.8 Å². The molecule has 0 saturated heterocycles. The Morgan fingerprint density at radius 1 is 1.50 bits per heavy atom. The van der Waals surface area contributed by atoms with E-state index in [1.54, 1.807) is 7.11 Å². The molecule has 0 unspecified atom stereocenters. The topological polar surface area (TPSA) is 38.3 Å². The summed E-state index contributed by atoms with van der Waals surface area (Å²) >= 11 is 3.42. The van der Waals surface area contributed by atoms with E-state index in [2.05, 4.69) is 21.2 Å². The van der Waals surface area contributed by atoms with E-state index in [1.165, 1.54) is 12.8 Å². The van der Waals surface area contributed by atoms with E-state index >= 15 is 0 Å². The quantitative estimate of drug-likeness (QED) is 0.841. The van der Waals surface area contributed by atoms with Crippen LogP contribution in [0.4, 0.5) is 0 Å². The third-order valence-corrected chi connectivity index (χ3v) is 3.54. The number of carbonyl (C=O) groups is 1. The van der Waals surface area contributed by atoms with Crippen molar-refractivity contribution < 1.29 is 9.53 Å². The summed E-state index contributed by atoms with van der Waals surface area (Å²) in [4.78, 5) is 11.9. The highest BCUT2D eigenvalue weighted by molar-refractivity contribution is 9.10. The number of ketones is 1. The largest absolute Gasteiger partial charge is 0.496 e. The van der Waals surface area contributed by atoms with E-state index < -0.39 is 0 Å². The average molecular weight is 312 g/mol. The van der Waals surface area contributed by atoms with Gasteiger partial charge in [0.25, 0.3) is 0 Å². The molecule has 1 fully saturated rings. The molecule has 3 nitrogen and oxygen atoms in total. The summed E-state index contributed by atoms with van der Waals surface area (Å²) in [6, 6.07) is 6.42. The Kier molecular flexibility index (Phi) is 4.78. The van der Waals surface area contributed by atoms with Gasteiger partial charge in [-0.15, -0.1) is 0 Å². The van der Waals surface area contributed by atoms with Gasteiger partial charge in [-0.05, 0) is 31.0 Å². The normalized spacial score (nSPS) is 14.6. The predicted molar refractivity (Wildman–Crippen MR) is 75.0 cm³/mol. The van der Waals surface area contributed by atoms with Gasteiger partial charge in [-0.3, -0.25) is 4.79 Å². The van der Waals surface area contributed by atoms with Gasteiger partial charge in [-0.2, -0.15) is 0 Å². The first kappa shape index (κ1) is 13.6. The van der Waals surface area contributed by atoms with E-state index in [4.69, 9.17) is 4.74 Å². The molecule has 2 rings (SSSR count). The first-order chi connectivity index (χ1) is 8.69. The predicted octanol–water partition coefficient (Wildman–Crippen LogP) is 2.71. The number of hydrogen-bond donors (Lipinski definition) is 1. The average Bonchev–Trinajstić information content (AvgIpc) is 3.13. The zero-order chi connectivity index (χ0) is 13.0. The molecular formula is C14H18BrNO2. The van der Waals surface area contributed by atoms with Gasteiger partial charge in [-0.25, -0.2) is 0 Å². The van der Waals surface area contributed by atoms with Crippen LogP contribution >= 0.6 is 15.9 Å².